The summed E-state index contributed by atoms with van der Waals surface area (Å²) in [5, 5.41) is 14.1. The van der Waals surface area contributed by atoms with Gasteiger partial charge in [-0.05, 0) is 30.9 Å². The Balaban J connectivity index is 1.39. The lowest BCUT2D eigenvalue weighted by Gasteiger charge is -2.32. The number of amides is 2. The highest BCUT2D eigenvalue weighted by atomic mass is 16.6. The highest BCUT2D eigenvalue weighted by molar-refractivity contribution is 5.78. The number of nitrogens with one attached hydrogen (secondary N) is 1. The minimum absolute atomic E-state index is 0.0170. The van der Waals surface area contributed by atoms with Crippen molar-refractivity contribution in [1.29, 1.82) is 0 Å². The van der Waals surface area contributed by atoms with Gasteiger partial charge in [0.1, 0.15) is 0 Å². The molecule has 0 atom stereocenters. The first kappa shape index (κ1) is 21.3. The average Bonchev–Trinajstić information content (AvgIpc) is 2.77. The fraction of sp³-hybridized carbons (Fsp3) is 0.364. The molecule has 0 aromatic heterocycles. The number of likely N-dealkylation sites (tertiary alicyclic amines) is 1. The largest absolute Gasteiger partial charge is 0.477 e. The topological polar surface area (TPSA) is 102 Å². The van der Waals surface area contributed by atoms with E-state index in [2.05, 4.69) is 5.32 Å². The van der Waals surface area contributed by atoms with Crippen molar-refractivity contribution in [2.75, 3.05) is 19.7 Å². The zero-order valence-electron chi connectivity index (χ0n) is 16.7. The number of nitrogens with zero attached hydrogens (tertiary/aromatic N) is 2. The van der Waals surface area contributed by atoms with Crippen LogP contribution in [0.4, 0.5) is 5.69 Å². The summed E-state index contributed by atoms with van der Waals surface area (Å²) in [6, 6.07) is 15.9. The number of carbonyl (C=O) groups is 2. The monoisotopic (exact) mass is 411 g/mol. The Morgan fingerprint density at radius 2 is 1.73 bits per heavy atom. The first-order valence-corrected chi connectivity index (χ1v) is 10.00. The van der Waals surface area contributed by atoms with E-state index in [1.807, 2.05) is 30.3 Å². The predicted octanol–water partition coefficient (Wildman–Crippen LogP) is 2.71. The van der Waals surface area contributed by atoms with Crippen LogP contribution in [0.3, 0.4) is 0 Å². The molecule has 2 aromatic carbocycles. The number of rotatable bonds is 8. The Labute approximate surface area is 175 Å². The van der Waals surface area contributed by atoms with Crippen molar-refractivity contribution >= 4 is 17.5 Å². The van der Waals surface area contributed by atoms with E-state index in [1.54, 1.807) is 17.0 Å². The maximum atomic E-state index is 12.4. The average molecular weight is 411 g/mol. The number of carbonyl (C=O) groups excluding carboxylic acids is 2. The normalized spacial score (nSPS) is 14.2. The summed E-state index contributed by atoms with van der Waals surface area (Å²) < 4.78 is 5.38. The van der Waals surface area contributed by atoms with Crippen molar-refractivity contribution in [3.8, 4) is 5.75 Å². The molecule has 1 aliphatic heterocycles. The van der Waals surface area contributed by atoms with E-state index in [4.69, 9.17) is 4.74 Å². The molecule has 0 bridgehead atoms. The smallest absolute Gasteiger partial charge is 0.310 e. The summed E-state index contributed by atoms with van der Waals surface area (Å²) in [6.45, 7) is 0.782. The van der Waals surface area contributed by atoms with Crippen LogP contribution in [-0.4, -0.2) is 47.4 Å². The fourth-order valence-electron chi connectivity index (χ4n) is 3.44. The molecule has 0 unspecified atom stereocenters. The summed E-state index contributed by atoms with van der Waals surface area (Å²) in [6.07, 6.45) is 2.49. The third-order valence-corrected chi connectivity index (χ3v) is 5.11. The summed E-state index contributed by atoms with van der Waals surface area (Å²) in [5.41, 5.74) is 0.967. The van der Waals surface area contributed by atoms with Crippen LogP contribution in [0.1, 0.15) is 24.8 Å². The summed E-state index contributed by atoms with van der Waals surface area (Å²) in [7, 11) is 0. The second kappa shape index (κ2) is 10.4. The number of nitro benzene ring substituents is 1. The molecule has 0 aliphatic carbocycles. The van der Waals surface area contributed by atoms with Gasteiger partial charge in [-0.15, -0.1) is 0 Å². The highest BCUT2D eigenvalue weighted by Crippen LogP contribution is 2.25. The van der Waals surface area contributed by atoms with Crippen molar-refractivity contribution in [1.82, 2.24) is 10.2 Å². The van der Waals surface area contributed by atoms with E-state index < -0.39 is 4.92 Å². The first-order chi connectivity index (χ1) is 14.5. The molecule has 8 nitrogen and oxygen atoms in total. The number of piperidine rings is 1. The summed E-state index contributed by atoms with van der Waals surface area (Å²) in [5.74, 6) is -0.123. The van der Waals surface area contributed by atoms with E-state index in [0.29, 0.717) is 38.8 Å². The number of hydrogen-bond donors (Lipinski definition) is 1. The molecule has 1 saturated heterocycles. The number of benzene rings is 2. The molecule has 30 heavy (non-hydrogen) atoms. The molecule has 0 spiro atoms. The standard InChI is InChI=1S/C22H25N3O5/c26-21(11-10-17-6-2-1-3-7-17)23-18-12-14-24(15-13-18)22(27)16-30-20-9-5-4-8-19(20)25(28)29/h1-9,18H,10-16H2,(H,23,26). The highest BCUT2D eigenvalue weighted by Gasteiger charge is 2.24. The number of hydrogen-bond acceptors (Lipinski definition) is 5. The van der Waals surface area contributed by atoms with E-state index in [1.165, 1.54) is 12.1 Å². The molecule has 1 N–H and O–H groups in total. The van der Waals surface area contributed by atoms with Gasteiger partial charge in [0, 0.05) is 31.6 Å². The van der Waals surface area contributed by atoms with Crippen LogP contribution in [0.5, 0.6) is 5.75 Å². The fourth-order valence-corrected chi connectivity index (χ4v) is 3.44. The lowest BCUT2D eigenvalue weighted by atomic mass is 10.0. The molecule has 1 aliphatic rings. The van der Waals surface area contributed by atoms with E-state index in [9.17, 15) is 19.7 Å². The Morgan fingerprint density at radius 1 is 1.07 bits per heavy atom. The molecule has 3 rings (SSSR count). The van der Waals surface area contributed by atoms with Crippen LogP contribution < -0.4 is 10.1 Å². The molecule has 8 heteroatoms. The van der Waals surface area contributed by atoms with Crippen molar-refractivity contribution in [3.63, 3.8) is 0 Å². The van der Waals surface area contributed by atoms with Crippen molar-refractivity contribution in [2.24, 2.45) is 0 Å². The maximum absolute atomic E-state index is 12.4. The summed E-state index contributed by atoms with van der Waals surface area (Å²) in [4.78, 5) is 36.7. The van der Waals surface area contributed by atoms with Crippen LogP contribution in [0, 0.1) is 10.1 Å². The van der Waals surface area contributed by atoms with Crippen LogP contribution >= 0.6 is 0 Å². The lowest BCUT2D eigenvalue weighted by Crippen LogP contribution is -2.47. The predicted molar refractivity (Wildman–Crippen MR) is 111 cm³/mol. The lowest BCUT2D eigenvalue weighted by molar-refractivity contribution is -0.385. The second-order valence-electron chi connectivity index (χ2n) is 7.22. The van der Waals surface area contributed by atoms with Gasteiger partial charge in [-0.1, -0.05) is 42.5 Å². The number of aryl methyl sites for hydroxylation is 1. The first-order valence-electron chi connectivity index (χ1n) is 10.00. The second-order valence-corrected chi connectivity index (χ2v) is 7.22. The van der Waals surface area contributed by atoms with Gasteiger partial charge in [-0.25, -0.2) is 0 Å². The third-order valence-electron chi connectivity index (χ3n) is 5.11. The maximum Gasteiger partial charge on any atom is 0.310 e. The molecule has 158 valence electrons. The van der Waals surface area contributed by atoms with Gasteiger partial charge in [0.05, 0.1) is 4.92 Å². The van der Waals surface area contributed by atoms with Gasteiger partial charge < -0.3 is 15.0 Å². The minimum Gasteiger partial charge on any atom is -0.477 e. The molecule has 2 aromatic rings. The minimum atomic E-state index is -0.536. The Bertz CT molecular complexity index is 879. The molecule has 1 fully saturated rings. The van der Waals surface area contributed by atoms with Gasteiger partial charge in [0.2, 0.25) is 5.91 Å². The summed E-state index contributed by atoms with van der Waals surface area (Å²) >= 11 is 0. The van der Waals surface area contributed by atoms with Crippen molar-refractivity contribution in [3.05, 3.63) is 70.3 Å². The number of nitro groups is 1. The Hall–Kier alpha value is -3.42. The zero-order chi connectivity index (χ0) is 21.3. The Morgan fingerprint density at radius 3 is 2.43 bits per heavy atom. The molecule has 1 heterocycles. The molecule has 2 amide bonds. The van der Waals surface area contributed by atoms with Crippen LogP contribution in [0.2, 0.25) is 0 Å². The third kappa shape index (κ3) is 6.04. The number of para-hydroxylation sites is 2. The van der Waals surface area contributed by atoms with Crippen LogP contribution in [0.25, 0.3) is 0 Å². The van der Waals surface area contributed by atoms with Gasteiger partial charge in [0.25, 0.3) is 5.91 Å². The van der Waals surface area contributed by atoms with Gasteiger partial charge in [-0.3, -0.25) is 19.7 Å². The van der Waals surface area contributed by atoms with Crippen LogP contribution in [-0.2, 0) is 16.0 Å². The molecular formula is C22H25N3O5. The van der Waals surface area contributed by atoms with Crippen molar-refractivity contribution < 1.29 is 19.2 Å². The number of ether oxygens (including phenoxy) is 1. The van der Waals surface area contributed by atoms with Crippen molar-refractivity contribution in [2.45, 2.75) is 31.7 Å². The SMILES string of the molecule is O=C(CCc1ccccc1)NC1CCN(C(=O)COc2ccccc2[N+](=O)[O-])CC1. The van der Waals surface area contributed by atoms with E-state index in [-0.39, 0.29) is 35.9 Å². The van der Waals surface area contributed by atoms with E-state index in [0.717, 1.165) is 5.56 Å². The molecule has 0 radical (unpaired) electrons. The van der Waals surface area contributed by atoms with Gasteiger partial charge in [-0.2, -0.15) is 0 Å². The van der Waals surface area contributed by atoms with Gasteiger partial charge in [0.15, 0.2) is 12.4 Å². The van der Waals surface area contributed by atoms with E-state index >= 15 is 0 Å². The van der Waals surface area contributed by atoms with Gasteiger partial charge >= 0.3 is 5.69 Å². The Kier molecular flexibility index (Phi) is 7.37. The zero-order valence-corrected chi connectivity index (χ0v) is 16.7. The molecular weight excluding hydrogens is 386 g/mol. The molecule has 0 saturated carbocycles. The quantitative estimate of drug-likeness (QED) is 0.532. The van der Waals surface area contributed by atoms with Crippen LogP contribution in [0.15, 0.2) is 54.6 Å².